The largest absolute Gasteiger partial charge is 0.462 e. The van der Waals surface area contributed by atoms with Gasteiger partial charge in [-0.25, -0.2) is 18.4 Å². The number of ether oxygens (including phenoxy) is 2. The third-order valence-corrected chi connectivity index (χ3v) is 3.75. The monoisotopic (exact) mass is 314 g/mol. The van der Waals surface area contributed by atoms with Gasteiger partial charge in [0, 0.05) is 12.6 Å². The third kappa shape index (κ3) is 3.70. The Balaban J connectivity index is 2.08. The Kier molecular flexibility index (Phi) is 4.14. The number of amides is 1. The number of anilines is 1. The number of nitrogens with two attached hydrogens (primary N) is 1. The standard InChI is InChI=1S/C12H14N2O6S/c1-8(15)19-7-10-6-14(12(16)20-10)9-2-4-11(5-3-9)21(13,17)18/h2-5,10H,6-7H2,1H3,(H2,13,17,18). The highest BCUT2D eigenvalue weighted by molar-refractivity contribution is 7.89. The first-order valence-electron chi connectivity index (χ1n) is 6.02. The van der Waals surface area contributed by atoms with Crippen molar-refractivity contribution in [2.45, 2.75) is 17.9 Å². The molecule has 1 heterocycles. The van der Waals surface area contributed by atoms with Crippen LogP contribution in [0.3, 0.4) is 0 Å². The Morgan fingerprint density at radius 1 is 1.43 bits per heavy atom. The van der Waals surface area contributed by atoms with E-state index >= 15 is 0 Å². The molecule has 1 unspecified atom stereocenters. The molecular weight excluding hydrogens is 300 g/mol. The molecule has 1 aliphatic rings. The van der Waals surface area contributed by atoms with Crippen LogP contribution in [0.15, 0.2) is 29.2 Å². The third-order valence-electron chi connectivity index (χ3n) is 2.82. The first-order valence-corrected chi connectivity index (χ1v) is 7.56. The Bertz CT molecular complexity index is 655. The van der Waals surface area contributed by atoms with Gasteiger partial charge in [0.25, 0.3) is 0 Å². The number of cyclic esters (lactones) is 1. The number of sulfonamides is 1. The van der Waals surface area contributed by atoms with E-state index in [1.807, 2.05) is 0 Å². The molecule has 1 saturated heterocycles. The van der Waals surface area contributed by atoms with Crippen molar-refractivity contribution >= 4 is 27.8 Å². The summed E-state index contributed by atoms with van der Waals surface area (Å²) in [5.41, 5.74) is 0.470. The van der Waals surface area contributed by atoms with Crippen molar-refractivity contribution in [2.24, 2.45) is 5.14 Å². The first kappa shape index (κ1) is 15.3. The van der Waals surface area contributed by atoms with E-state index in [1.54, 1.807) is 0 Å². The van der Waals surface area contributed by atoms with Gasteiger partial charge in [0.1, 0.15) is 6.61 Å². The number of hydrogen-bond donors (Lipinski definition) is 1. The lowest BCUT2D eigenvalue weighted by atomic mass is 10.3. The summed E-state index contributed by atoms with van der Waals surface area (Å²) in [4.78, 5) is 23.7. The Morgan fingerprint density at radius 3 is 2.57 bits per heavy atom. The Morgan fingerprint density at radius 2 is 2.05 bits per heavy atom. The number of hydrogen-bond acceptors (Lipinski definition) is 6. The van der Waals surface area contributed by atoms with Crippen molar-refractivity contribution in [3.63, 3.8) is 0 Å². The van der Waals surface area contributed by atoms with Gasteiger partial charge in [-0.3, -0.25) is 9.69 Å². The van der Waals surface area contributed by atoms with Gasteiger partial charge in [0.05, 0.1) is 11.4 Å². The Labute approximate surface area is 121 Å². The van der Waals surface area contributed by atoms with Gasteiger partial charge in [0.2, 0.25) is 10.0 Å². The molecule has 0 saturated carbocycles. The van der Waals surface area contributed by atoms with Crippen LogP contribution in [0.2, 0.25) is 0 Å². The molecule has 1 aliphatic heterocycles. The molecule has 114 valence electrons. The molecule has 0 aromatic heterocycles. The van der Waals surface area contributed by atoms with E-state index in [9.17, 15) is 18.0 Å². The lowest BCUT2D eigenvalue weighted by Crippen LogP contribution is -2.26. The second-order valence-electron chi connectivity index (χ2n) is 4.46. The topological polar surface area (TPSA) is 116 Å². The second kappa shape index (κ2) is 5.70. The molecule has 0 spiro atoms. The van der Waals surface area contributed by atoms with Gasteiger partial charge in [-0.15, -0.1) is 0 Å². The van der Waals surface area contributed by atoms with Gasteiger partial charge in [0.15, 0.2) is 6.10 Å². The van der Waals surface area contributed by atoms with Crippen molar-refractivity contribution in [2.75, 3.05) is 18.1 Å². The minimum atomic E-state index is -3.78. The molecule has 1 aromatic carbocycles. The zero-order valence-corrected chi connectivity index (χ0v) is 12.0. The number of carbonyl (C=O) groups is 2. The van der Waals surface area contributed by atoms with E-state index < -0.39 is 28.2 Å². The normalized spacial score (nSPS) is 18.5. The van der Waals surface area contributed by atoms with Gasteiger partial charge in [-0.05, 0) is 24.3 Å². The van der Waals surface area contributed by atoms with Crippen LogP contribution >= 0.6 is 0 Å². The van der Waals surface area contributed by atoms with E-state index in [2.05, 4.69) is 0 Å². The fourth-order valence-corrected chi connectivity index (χ4v) is 2.36. The number of nitrogens with zero attached hydrogens (tertiary/aromatic N) is 1. The highest BCUT2D eigenvalue weighted by atomic mass is 32.2. The minimum Gasteiger partial charge on any atom is -0.462 e. The average Bonchev–Trinajstić information content (AvgIpc) is 2.77. The van der Waals surface area contributed by atoms with Crippen molar-refractivity contribution < 1.29 is 27.5 Å². The van der Waals surface area contributed by atoms with Crippen molar-refractivity contribution in [1.82, 2.24) is 0 Å². The van der Waals surface area contributed by atoms with Gasteiger partial charge in [-0.2, -0.15) is 0 Å². The van der Waals surface area contributed by atoms with Crippen LogP contribution in [0.25, 0.3) is 0 Å². The zero-order valence-electron chi connectivity index (χ0n) is 11.2. The van der Waals surface area contributed by atoms with Crippen LogP contribution in [0.5, 0.6) is 0 Å². The summed E-state index contributed by atoms with van der Waals surface area (Å²) in [6.45, 7) is 1.45. The van der Waals surface area contributed by atoms with Gasteiger partial charge >= 0.3 is 12.1 Å². The lowest BCUT2D eigenvalue weighted by Gasteiger charge is -2.13. The lowest BCUT2D eigenvalue weighted by molar-refractivity contribution is -0.143. The van der Waals surface area contributed by atoms with Gasteiger partial charge < -0.3 is 9.47 Å². The number of carbonyl (C=O) groups excluding carboxylic acids is 2. The van der Waals surface area contributed by atoms with E-state index in [0.29, 0.717) is 5.69 Å². The maximum atomic E-state index is 11.7. The molecule has 0 aliphatic carbocycles. The molecule has 1 aromatic rings. The number of primary sulfonamides is 1. The quantitative estimate of drug-likeness (QED) is 0.795. The predicted octanol–water partition coefficient (Wildman–Crippen LogP) is 0.222. The van der Waals surface area contributed by atoms with Crippen LogP contribution in [-0.4, -0.2) is 39.7 Å². The maximum Gasteiger partial charge on any atom is 0.414 e. The van der Waals surface area contributed by atoms with E-state index in [-0.39, 0.29) is 18.0 Å². The summed E-state index contributed by atoms with van der Waals surface area (Å²) in [6.07, 6.45) is -1.14. The minimum absolute atomic E-state index is 0.0210. The fourth-order valence-electron chi connectivity index (χ4n) is 1.85. The molecular formula is C12H14N2O6S. The van der Waals surface area contributed by atoms with Crippen molar-refractivity contribution in [3.05, 3.63) is 24.3 Å². The molecule has 21 heavy (non-hydrogen) atoms. The highest BCUT2D eigenvalue weighted by Crippen LogP contribution is 2.23. The summed E-state index contributed by atoms with van der Waals surface area (Å²) >= 11 is 0. The van der Waals surface area contributed by atoms with Crippen LogP contribution in [0.4, 0.5) is 10.5 Å². The highest BCUT2D eigenvalue weighted by Gasteiger charge is 2.33. The molecule has 1 amide bonds. The van der Waals surface area contributed by atoms with Crippen LogP contribution < -0.4 is 10.0 Å². The van der Waals surface area contributed by atoms with E-state index in [1.165, 1.54) is 36.1 Å². The predicted molar refractivity (Wildman–Crippen MR) is 72.1 cm³/mol. The summed E-state index contributed by atoms with van der Waals surface area (Å²) < 4.78 is 32.1. The number of benzene rings is 1. The average molecular weight is 314 g/mol. The van der Waals surface area contributed by atoms with E-state index in [4.69, 9.17) is 14.6 Å². The molecule has 0 bridgehead atoms. The second-order valence-corrected chi connectivity index (χ2v) is 6.02. The summed E-state index contributed by atoms with van der Waals surface area (Å²) in [5.74, 6) is -0.456. The smallest absolute Gasteiger partial charge is 0.414 e. The summed E-state index contributed by atoms with van der Waals surface area (Å²) in [7, 11) is -3.78. The summed E-state index contributed by atoms with van der Waals surface area (Å²) in [6, 6.07) is 5.51. The van der Waals surface area contributed by atoms with E-state index in [0.717, 1.165) is 0 Å². The zero-order chi connectivity index (χ0) is 15.6. The maximum absolute atomic E-state index is 11.7. The number of esters is 1. The number of rotatable bonds is 4. The van der Waals surface area contributed by atoms with Crippen molar-refractivity contribution in [3.8, 4) is 0 Å². The molecule has 2 N–H and O–H groups in total. The van der Waals surface area contributed by atoms with Gasteiger partial charge in [-0.1, -0.05) is 0 Å². The van der Waals surface area contributed by atoms with Crippen molar-refractivity contribution in [1.29, 1.82) is 0 Å². The molecule has 0 radical (unpaired) electrons. The molecule has 2 rings (SSSR count). The molecule has 1 atom stereocenters. The first-order chi connectivity index (χ1) is 9.77. The molecule has 1 fully saturated rings. The fraction of sp³-hybridized carbons (Fsp3) is 0.333. The summed E-state index contributed by atoms with van der Waals surface area (Å²) in [5, 5.41) is 5.00. The SMILES string of the molecule is CC(=O)OCC1CN(c2ccc(S(N)(=O)=O)cc2)C(=O)O1. The molecule has 9 heteroatoms. The Hall–Kier alpha value is -2.13. The van der Waals surface area contributed by atoms with Crippen LogP contribution in [0, 0.1) is 0 Å². The molecule has 8 nitrogen and oxygen atoms in total. The van der Waals surface area contributed by atoms with Crippen LogP contribution in [0.1, 0.15) is 6.92 Å². The van der Waals surface area contributed by atoms with Crippen LogP contribution in [-0.2, 0) is 24.3 Å².